The maximum atomic E-state index is 10.8. The largest absolute Gasteiger partial charge is 0.381 e. The van der Waals surface area contributed by atoms with E-state index in [0.717, 1.165) is 32.7 Å². The summed E-state index contributed by atoms with van der Waals surface area (Å²) in [6.07, 6.45) is 1.15. The molecule has 1 spiro atoms. The molecular weight excluding hydrogens is 180 g/mol. The lowest BCUT2D eigenvalue weighted by Gasteiger charge is -2.47. The van der Waals surface area contributed by atoms with E-state index in [1.54, 1.807) is 0 Å². The van der Waals surface area contributed by atoms with Crippen molar-refractivity contribution in [1.29, 1.82) is 0 Å². The lowest BCUT2D eigenvalue weighted by Crippen LogP contribution is -2.57. The molecular formula is C10H16N2O2. The summed E-state index contributed by atoms with van der Waals surface area (Å²) in [6, 6.07) is 0. The molecule has 4 heteroatoms. The minimum absolute atomic E-state index is 0.373. The van der Waals surface area contributed by atoms with Crippen LogP contribution in [-0.4, -0.2) is 43.7 Å². The van der Waals surface area contributed by atoms with Gasteiger partial charge in [-0.1, -0.05) is 6.58 Å². The fourth-order valence-electron chi connectivity index (χ4n) is 2.26. The van der Waals surface area contributed by atoms with E-state index in [0.29, 0.717) is 17.5 Å². The van der Waals surface area contributed by atoms with Crippen molar-refractivity contribution >= 4 is 5.91 Å². The molecule has 2 aliphatic rings. The molecule has 2 N–H and O–H groups in total. The molecule has 2 heterocycles. The van der Waals surface area contributed by atoms with Crippen molar-refractivity contribution in [2.75, 3.05) is 32.8 Å². The second-order valence-electron chi connectivity index (χ2n) is 4.42. The summed E-state index contributed by atoms with van der Waals surface area (Å²) >= 11 is 0. The topological polar surface area (TPSA) is 55.6 Å². The number of ether oxygens (including phenoxy) is 1. The van der Waals surface area contributed by atoms with Crippen LogP contribution in [0.4, 0.5) is 0 Å². The number of nitrogens with zero attached hydrogens (tertiary/aromatic N) is 1. The van der Waals surface area contributed by atoms with Gasteiger partial charge in [0.05, 0.1) is 6.61 Å². The fraction of sp³-hybridized carbons (Fsp3) is 0.700. The van der Waals surface area contributed by atoms with Crippen molar-refractivity contribution in [3.8, 4) is 0 Å². The Hall–Kier alpha value is -0.870. The van der Waals surface area contributed by atoms with Gasteiger partial charge in [0.2, 0.25) is 5.91 Å². The van der Waals surface area contributed by atoms with Crippen molar-refractivity contribution in [2.24, 2.45) is 11.1 Å². The SMILES string of the molecule is C=C(CN1CC2(CCOC2)C1)C(N)=O. The molecule has 14 heavy (non-hydrogen) atoms. The van der Waals surface area contributed by atoms with Crippen LogP contribution in [0.25, 0.3) is 0 Å². The van der Waals surface area contributed by atoms with Gasteiger partial charge in [0, 0.05) is 37.2 Å². The Morgan fingerprint density at radius 2 is 2.29 bits per heavy atom. The summed E-state index contributed by atoms with van der Waals surface area (Å²) < 4.78 is 5.36. The second kappa shape index (κ2) is 3.37. The normalized spacial score (nSPS) is 24.9. The van der Waals surface area contributed by atoms with Gasteiger partial charge in [0.1, 0.15) is 0 Å². The average Bonchev–Trinajstić information content (AvgIpc) is 2.51. The summed E-state index contributed by atoms with van der Waals surface area (Å²) in [5, 5.41) is 0. The number of rotatable bonds is 3. The first-order chi connectivity index (χ1) is 6.61. The lowest BCUT2D eigenvalue weighted by molar-refractivity contribution is -0.115. The quantitative estimate of drug-likeness (QED) is 0.633. The Labute approximate surface area is 83.7 Å². The van der Waals surface area contributed by atoms with Gasteiger partial charge in [-0.25, -0.2) is 0 Å². The van der Waals surface area contributed by atoms with Crippen LogP contribution in [-0.2, 0) is 9.53 Å². The third-order valence-corrected chi connectivity index (χ3v) is 3.07. The van der Waals surface area contributed by atoms with Gasteiger partial charge >= 0.3 is 0 Å². The Kier molecular flexibility index (Phi) is 2.33. The standard InChI is InChI=1S/C10H16N2O2/c1-8(9(11)13)4-12-5-10(6-12)2-3-14-7-10/h1-7H2,(H2,11,13). The van der Waals surface area contributed by atoms with Gasteiger partial charge in [0.15, 0.2) is 0 Å². The highest BCUT2D eigenvalue weighted by molar-refractivity contribution is 5.91. The van der Waals surface area contributed by atoms with Crippen LogP contribution in [0.1, 0.15) is 6.42 Å². The van der Waals surface area contributed by atoms with Crippen molar-refractivity contribution < 1.29 is 9.53 Å². The number of hydrogen-bond acceptors (Lipinski definition) is 3. The predicted molar refractivity (Wildman–Crippen MR) is 52.6 cm³/mol. The zero-order valence-corrected chi connectivity index (χ0v) is 8.29. The van der Waals surface area contributed by atoms with Crippen molar-refractivity contribution in [3.05, 3.63) is 12.2 Å². The van der Waals surface area contributed by atoms with Gasteiger partial charge in [-0.05, 0) is 6.42 Å². The first-order valence-corrected chi connectivity index (χ1v) is 4.89. The fourth-order valence-corrected chi connectivity index (χ4v) is 2.26. The Morgan fingerprint density at radius 1 is 1.57 bits per heavy atom. The highest BCUT2D eigenvalue weighted by Crippen LogP contribution is 2.38. The van der Waals surface area contributed by atoms with Crippen molar-refractivity contribution in [3.63, 3.8) is 0 Å². The summed E-state index contributed by atoms with van der Waals surface area (Å²) in [5.41, 5.74) is 5.99. The van der Waals surface area contributed by atoms with E-state index in [1.807, 2.05) is 0 Å². The summed E-state index contributed by atoms with van der Waals surface area (Å²) in [7, 11) is 0. The Bertz CT molecular complexity index is 261. The number of nitrogens with two attached hydrogens (primary N) is 1. The van der Waals surface area contributed by atoms with Crippen molar-refractivity contribution in [1.82, 2.24) is 4.90 Å². The maximum absolute atomic E-state index is 10.8. The smallest absolute Gasteiger partial charge is 0.245 e. The van der Waals surface area contributed by atoms with Crippen LogP contribution in [0.2, 0.25) is 0 Å². The van der Waals surface area contributed by atoms with Crippen LogP contribution in [0.3, 0.4) is 0 Å². The minimum atomic E-state index is -0.395. The molecule has 0 aliphatic carbocycles. The highest BCUT2D eigenvalue weighted by atomic mass is 16.5. The maximum Gasteiger partial charge on any atom is 0.245 e. The first kappa shape index (κ1) is 9.68. The van der Waals surface area contributed by atoms with Gasteiger partial charge in [-0.2, -0.15) is 0 Å². The molecule has 0 saturated carbocycles. The Morgan fingerprint density at radius 3 is 2.79 bits per heavy atom. The molecule has 0 aromatic heterocycles. The molecule has 78 valence electrons. The zero-order chi connectivity index (χ0) is 10.2. The van der Waals surface area contributed by atoms with Crippen LogP contribution in [0.15, 0.2) is 12.2 Å². The summed E-state index contributed by atoms with van der Waals surface area (Å²) in [4.78, 5) is 13.0. The van der Waals surface area contributed by atoms with Gasteiger partial charge in [-0.3, -0.25) is 9.69 Å². The van der Waals surface area contributed by atoms with Crippen LogP contribution >= 0.6 is 0 Å². The van der Waals surface area contributed by atoms with Gasteiger partial charge < -0.3 is 10.5 Å². The number of amides is 1. The molecule has 4 nitrogen and oxygen atoms in total. The van der Waals surface area contributed by atoms with E-state index < -0.39 is 5.91 Å². The first-order valence-electron chi connectivity index (χ1n) is 4.89. The molecule has 0 bridgehead atoms. The molecule has 0 radical (unpaired) electrons. The lowest BCUT2D eigenvalue weighted by atomic mass is 9.79. The van der Waals surface area contributed by atoms with Crippen LogP contribution in [0.5, 0.6) is 0 Å². The summed E-state index contributed by atoms with van der Waals surface area (Å²) in [6.45, 7) is 8.03. The van der Waals surface area contributed by atoms with Crippen LogP contribution < -0.4 is 5.73 Å². The third kappa shape index (κ3) is 1.67. The van der Waals surface area contributed by atoms with E-state index in [1.165, 1.54) is 0 Å². The van der Waals surface area contributed by atoms with Crippen LogP contribution in [0, 0.1) is 5.41 Å². The molecule has 0 aromatic rings. The second-order valence-corrected chi connectivity index (χ2v) is 4.42. The average molecular weight is 196 g/mol. The Balaban J connectivity index is 1.77. The summed E-state index contributed by atoms with van der Waals surface area (Å²) in [5.74, 6) is -0.395. The van der Waals surface area contributed by atoms with E-state index >= 15 is 0 Å². The number of likely N-dealkylation sites (tertiary alicyclic amines) is 1. The van der Waals surface area contributed by atoms with Gasteiger partial charge in [-0.15, -0.1) is 0 Å². The number of hydrogen-bond donors (Lipinski definition) is 1. The third-order valence-electron chi connectivity index (χ3n) is 3.07. The molecule has 1 amide bonds. The molecule has 2 saturated heterocycles. The molecule has 0 aromatic carbocycles. The molecule has 2 fully saturated rings. The van der Waals surface area contributed by atoms with Crippen molar-refractivity contribution in [2.45, 2.75) is 6.42 Å². The molecule has 2 rings (SSSR count). The number of primary amides is 1. The molecule has 0 unspecified atom stereocenters. The van der Waals surface area contributed by atoms with E-state index in [4.69, 9.17) is 10.5 Å². The van der Waals surface area contributed by atoms with E-state index in [9.17, 15) is 4.79 Å². The predicted octanol–water partition coefficient (Wildman–Crippen LogP) is -0.250. The zero-order valence-electron chi connectivity index (χ0n) is 8.29. The van der Waals surface area contributed by atoms with E-state index in [-0.39, 0.29) is 0 Å². The van der Waals surface area contributed by atoms with Gasteiger partial charge in [0.25, 0.3) is 0 Å². The minimum Gasteiger partial charge on any atom is -0.381 e. The van der Waals surface area contributed by atoms with E-state index in [2.05, 4.69) is 11.5 Å². The molecule has 2 aliphatic heterocycles. The molecule has 0 atom stereocenters. The monoisotopic (exact) mass is 196 g/mol. The highest BCUT2D eigenvalue weighted by Gasteiger charge is 2.45. The number of carbonyl (C=O) groups is 1. The number of carbonyl (C=O) groups excluding carboxylic acids is 1.